The van der Waals surface area contributed by atoms with E-state index in [1.54, 1.807) is 6.26 Å². The highest BCUT2D eigenvalue weighted by atomic mass is 32.2. The Morgan fingerprint density at radius 1 is 0.857 bits per heavy atom. The van der Waals surface area contributed by atoms with Gasteiger partial charge in [0.2, 0.25) is 0 Å². The summed E-state index contributed by atoms with van der Waals surface area (Å²) in [6, 6.07) is 14.8. The van der Waals surface area contributed by atoms with Crippen molar-refractivity contribution in [1.82, 2.24) is 9.80 Å². The van der Waals surface area contributed by atoms with Gasteiger partial charge >= 0.3 is 0 Å². The number of fused-ring (bicyclic) bond motifs is 1. The van der Waals surface area contributed by atoms with E-state index in [0.717, 1.165) is 43.0 Å². The molecule has 0 bridgehead atoms. The van der Waals surface area contributed by atoms with Crippen molar-refractivity contribution in [2.45, 2.75) is 84.9 Å². The van der Waals surface area contributed by atoms with E-state index in [9.17, 15) is 9.59 Å². The van der Waals surface area contributed by atoms with Crippen LogP contribution in [-0.2, 0) is 25.7 Å². The first-order valence-corrected chi connectivity index (χ1v) is 19.4. The van der Waals surface area contributed by atoms with Gasteiger partial charge in [-0.2, -0.15) is 0 Å². The lowest BCUT2D eigenvalue weighted by atomic mass is 9.72. The number of likely N-dealkylation sites (N-methyl/N-ethyl adjacent to an activating group) is 2. The molecule has 0 aliphatic heterocycles. The minimum absolute atomic E-state index is 0.0741. The van der Waals surface area contributed by atoms with Crippen LogP contribution in [0, 0.1) is 29.1 Å². The molecule has 1 aliphatic rings. The van der Waals surface area contributed by atoms with E-state index in [2.05, 4.69) is 89.8 Å². The second-order valence-electron chi connectivity index (χ2n) is 14.4. The molecule has 0 unspecified atom stereocenters. The normalized spacial score (nSPS) is 14.8. The van der Waals surface area contributed by atoms with Crippen LogP contribution in [0.4, 0.5) is 0 Å². The van der Waals surface area contributed by atoms with E-state index in [0.29, 0.717) is 45.3 Å². The summed E-state index contributed by atoms with van der Waals surface area (Å²) in [5.41, 5.74) is 3.15. The Hall–Kier alpha value is -2.56. The van der Waals surface area contributed by atoms with E-state index in [1.807, 2.05) is 41.8 Å². The van der Waals surface area contributed by atoms with Crippen molar-refractivity contribution in [2.75, 3.05) is 59.0 Å². The molecular formula is C41H56N2O4S2. The molecule has 0 radical (unpaired) electrons. The van der Waals surface area contributed by atoms with Crippen LogP contribution >= 0.6 is 23.5 Å². The number of nitrogens with zero attached hydrogens (tertiary/aromatic N) is 2. The van der Waals surface area contributed by atoms with Gasteiger partial charge in [-0.15, -0.1) is 0 Å². The van der Waals surface area contributed by atoms with E-state index >= 15 is 0 Å². The quantitative estimate of drug-likeness (QED) is 0.106. The maximum absolute atomic E-state index is 12.8. The number of benzene rings is 2. The van der Waals surface area contributed by atoms with E-state index < -0.39 is 11.1 Å². The highest BCUT2D eigenvalue weighted by Crippen LogP contribution is 2.41. The van der Waals surface area contributed by atoms with E-state index in [1.165, 1.54) is 33.7 Å². The molecule has 2 aromatic carbocycles. The highest BCUT2D eigenvalue weighted by Gasteiger charge is 2.30. The van der Waals surface area contributed by atoms with Crippen molar-refractivity contribution in [1.29, 1.82) is 0 Å². The van der Waals surface area contributed by atoms with E-state index in [4.69, 9.17) is 9.47 Å². The van der Waals surface area contributed by atoms with Gasteiger partial charge in [-0.1, -0.05) is 91.2 Å². The summed E-state index contributed by atoms with van der Waals surface area (Å²) in [7, 11) is 4.03. The molecule has 0 saturated heterocycles. The minimum atomic E-state index is -0.454. The average molecular weight is 705 g/mol. The average Bonchev–Trinajstić information content (AvgIpc) is 3.06. The van der Waals surface area contributed by atoms with Crippen molar-refractivity contribution in [3.8, 4) is 23.7 Å². The van der Waals surface area contributed by atoms with Gasteiger partial charge in [-0.3, -0.25) is 19.4 Å². The van der Waals surface area contributed by atoms with Crippen LogP contribution in [0.3, 0.4) is 0 Å². The second kappa shape index (κ2) is 19.2. The summed E-state index contributed by atoms with van der Waals surface area (Å²) in [6.45, 7) is 16.5. The van der Waals surface area contributed by atoms with Crippen LogP contribution in [0.5, 0.6) is 0 Å². The molecule has 0 N–H and O–H groups in total. The van der Waals surface area contributed by atoms with Gasteiger partial charge in [-0.25, -0.2) is 0 Å². The lowest BCUT2D eigenvalue weighted by Gasteiger charge is -2.36. The first-order chi connectivity index (χ1) is 23.1. The zero-order valence-electron chi connectivity index (χ0n) is 31.2. The number of thioether (sulfide) groups is 2. The minimum Gasteiger partial charge on any atom is -0.376 e. The van der Waals surface area contributed by atoms with Crippen LogP contribution in [0.25, 0.3) is 10.8 Å². The zero-order valence-corrected chi connectivity index (χ0v) is 32.8. The summed E-state index contributed by atoms with van der Waals surface area (Å²) < 4.78 is 12.2. The van der Waals surface area contributed by atoms with Gasteiger partial charge in [0.15, 0.2) is 0 Å². The van der Waals surface area contributed by atoms with Crippen LogP contribution < -0.4 is 0 Å². The van der Waals surface area contributed by atoms with Crippen LogP contribution in [0.15, 0.2) is 53.6 Å². The summed E-state index contributed by atoms with van der Waals surface area (Å²) in [6.07, 6.45) is 5.95. The molecule has 3 rings (SSSR count). The number of hydrogen-bond donors (Lipinski definition) is 0. The summed E-state index contributed by atoms with van der Waals surface area (Å²) >= 11 is 2.45. The molecule has 6 nitrogen and oxygen atoms in total. The monoisotopic (exact) mass is 704 g/mol. The van der Waals surface area contributed by atoms with Crippen molar-refractivity contribution in [3.63, 3.8) is 0 Å². The predicted octanol–water partition coefficient (Wildman–Crippen LogP) is 7.85. The third kappa shape index (κ3) is 13.3. The third-order valence-electron chi connectivity index (χ3n) is 9.67. The number of allylic oxidation sites excluding steroid dienone is 1. The third-order valence-corrected chi connectivity index (χ3v) is 10.9. The molecule has 0 spiro atoms. The molecule has 8 heteroatoms. The standard InChI is InChI=1S/C41H56N2O4S2/c1-39(2)21-12-15-34(36(39)31-47-27-25-43(8)40(3,4)22-18-37(44)48-9)20-28-49-38(45)19-23-41(5,6)42(7)24-26-46-30-32-16-17-33-13-10-11-14-35(33)29-32/h10-11,13-14,16-17,29H,12,15,20-21,24-28,30-31H2,1-9H3. The Balaban J connectivity index is 1.44. The molecule has 49 heavy (non-hydrogen) atoms. The van der Waals surface area contributed by atoms with Gasteiger partial charge in [0, 0.05) is 18.8 Å². The molecular weight excluding hydrogens is 649 g/mol. The van der Waals surface area contributed by atoms with Gasteiger partial charge < -0.3 is 9.47 Å². The fraction of sp³-hybridized carbons (Fsp3) is 0.561. The zero-order chi connectivity index (χ0) is 36.1. The fourth-order valence-electron chi connectivity index (χ4n) is 5.71. The lowest BCUT2D eigenvalue weighted by Crippen LogP contribution is -2.42. The first-order valence-electron chi connectivity index (χ1n) is 17.2. The second-order valence-corrected chi connectivity index (χ2v) is 16.3. The molecule has 2 aromatic rings. The van der Waals surface area contributed by atoms with Crippen molar-refractivity contribution in [2.24, 2.45) is 5.41 Å². The Morgan fingerprint density at radius 3 is 2.08 bits per heavy atom. The predicted molar refractivity (Wildman–Crippen MR) is 209 cm³/mol. The molecule has 0 fully saturated rings. The SMILES string of the molecule is CSC(=O)C#CC(C)(C)N(C)CCOCC1=C(CCSC(=O)C#CC(C)(C)N(C)CCOCc2ccc3ccccc3c2)CCCC1(C)C. The topological polar surface area (TPSA) is 59.1 Å². The lowest BCUT2D eigenvalue weighted by molar-refractivity contribution is -0.107. The Bertz CT molecular complexity index is 1590. The van der Waals surface area contributed by atoms with Gasteiger partial charge in [-0.05, 0) is 119 Å². The van der Waals surface area contributed by atoms with Gasteiger partial charge in [0.25, 0.3) is 10.2 Å². The molecule has 266 valence electrons. The Kier molecular flexibility index (Phi) is 16.0. The van der Waals surface area contributed by atoms with Crippen molar-refractivity contribution < 1.29 is 19.1 Å². The molecule has 0 amide bonds. The molecule has 1 aliphatic carbocycles. The number of hydrogen-bond acceptors (Lipinski definition) is 8. The summed E-state index contributed by atoms with van der Waals surface area (Å²) in [4.78, 5) is 28.7. The number of rotatable bonds is 15. The molecule has 0 aromatic heterocycles. The maximum Gasteiger partial charge on any atom is 0.262 e. The Morgan fingerprint density at radius 2 is 1.45 bits per heavy atom. The van der Waals surface area contributed by atoms with E-state index in [-0.39, 0.29) is 15.6 Å². The maximum atomic E-state index is 12.8. The van der Waals surface area contributed by atoms with Crippen LogP contribution in [0.1, 0.15) is 72.8 Å². The van der Waals surface area contributed by atoms with Crippen LogP contribution in [0.2, 0.25) is 0 Å². The van der Waals surface area contributed by atoms with Crippen molar-refractivity contribution in [3.05, 3.63) is 59.2 Å². The molecule has 0 heterocycles. The van der Waals surface area contributed by atoms with Gasteiger partial charge in [0.05, 0.1) is 37.5 Å². The number of carbonyl (C=O) groups excluding carboxylic acids is 2. The van der Waals surface area contributed by atoms with Crippen LogP contribution in [-0.4, -0.2) is 90.1 Å². The molecule has 0 atom stereocenters. The smallest absolute Gasteiger partial charge is 0.262 e. The highest BCUT2D eigenvalue weighted by molar-refractivity contribution is 8.14. The largest absolute Gasteiger partial charge is 0.376 e. The fourth-order valence-corrected chi connectivity index (χ4v) is 6.52. The Labute approximate surface area is 304 Å². The molecule has 0 saturated carbocycles. The van der Waals surface area contributed by atoms with Crippen molar-refractivity contribution >= 4 is 44.5 Å². The summed E-state index contributed by atoms with van der Waals surface area (Å²) in [5.74, 6) is 12.6. The van der Waals surface area contributed by atoms with Gasteiger partial charge in [0.1, 0.15) is 0 Å². The number of carbonyl (C=O) groups is 2. The first kappa shape index (κ1) is 40.9. The summed E-state index contributed by atoms with van der Waals surface area (Å²) in [5, 5.41) is 2.24. The number of ether oxygens (including phenoxy) is 2.